The molecule has 94 valence electrons. The molecule has 1 aliphatic rings. The molecule has 2 rings (SSSR count). The first-order valence-electron chi connectivity index (χ1n) is 5.78. The molecule has 1 atom stereocenters. The minimum atomic E-state index is -0.205. The van der Waals surface area contributed by atoms with E-state index in [0.717, 1.165) is 24.5 Å². The van der Waals surface area contributed by atoms with Crippen LogP contribution in [0.2, 0.25) is 0 Å². The van der Waals surface area contributed by atoms with Crippen molar-refractivity contribution in [1.29, 1.82) is 0 Å². The summed E-state index contributed by atoms with van der Waals surface area (Å²) in [6.07, 6.45) is 1.80. The number of aromatic nitrogens is 2. The van der Waals surface area contributed by atoms with Gasteiger partial charge in [0.15, 0.2) is 5.82 Å². The van der Waals surface area contributed by atoms with E-state index in [-0.39, 0.29) is 11.7 Å². The molecular weight excluding hydrogens is 238 g/mol. The summed E-state index contributed by atoms with van der Waals surface area (Å²) in [5, 5.41) is 8.17. The summed E-state index contributed by atoms with van der Waals surface area (Å²) in [7, 11) is 0. The number of rotatable bonds is 2. The number of hydrogen-bond donors (Lipinski definition) is 0. The van der Waals surface area contributed by atoms with Crippen LogP contribution in [-0.2, 0) is 4.74 Å². The number of halogens is 1. The molecule has 2 heterocycles. The van der Waals surface area contributed by atoms with Crippen LogP contribution in [0.4, 0.5) is 5.82 Å². The number of morpholine rings is 1. The Morgan fingerprint density at radius 2 is 2.35 bits per heavy atom. The van der Waals surface area contributed by atoms with Gasteiger partial charge in [-0.3, -0.25) is 0 Å². The molecular formula is C12H18ClN3O. The highest BCUT2D eigenvalue weighted by atomic mass is 35.5. The van der Waals surface area contributed by atoms with Crippen molar-refractivity contribution in [3.8, 4) is 0 Å². The van der Waals surface area contributed by atoms with Crippen LogP contribution in [0.15, 0.2) is 12.3 Å². The van der Waals surface area contributed by atoms with E-state index in [1.54, 1.807) is 6.20 Å². The molecule has 4 nitrogen and oxygen atoms in total. The zero-order valence-electron chi connectivity index (χ0n) is 10.5. The SMILES string of the molecule is Cc1cnnc(N2CC(CCl)OC(C)(C)C2)c1. The summed E-state index contributed by atoms with van der Waals surface area (Å²) in [6, 6.07) is 2.04. The van der Waals surface area contributed by atoms with Gasteiger partial charge in [-0.05, 0) is 32.4 Å². The standard InChI is InChI=1S/C12H18ClN3O/c1-9-4-11(15-14-6-9)16-7-10(5-13)17-12(2,3)8-16/h4,6,10H,5,7-8H2,1-3H3. The van der Waals surface area contributed by atoms with Crippen LogP contribution >= 0.6 is 11.6 Å². The lowest BCUT2D eigenvalue weighted by Crippen LogP contribution is -2.53. The smallest absolute Gasteiger partial charge is 0.151 e. The molecule has 1 aromatic heterocycles. The van der Waals surface area contributed by atoms with Gasteiger partial charge in [0.25, 0.3) is 0 Å². The van der Waals surface area contributed by atoms with Gasteiger partial charge in [-0.1, -0.05) is 0 Å². The topological polar surface area (TPSA) is 38.2 Å². The molecule has 0 spiro atoms. The number of alkyl halides is 1. The first kappa shape index (κ1) is 12.6. The Morgan fingerprint density at radius 1 is 1.59 bits per heavy atom. The summed E-state index contributed by atoms with van der Waals surface area (Å²) >= 11 is 5.90. The van der Waals surface area contributed by atoms with Crippen LogP contribution in [0.1, 0.15) is 19.4 Å². The molecule has 0 amide bonds. The van der Waals surface area contributed by atoms with Crippen molar-refractivity contribution in [2.75, 3.05) is 23.9 Å². The Bertz CT molecular complexity index is 397. The lowest BCUT2D eigenvalue weighted by molar-refractivity contribution is -0.0736. The van der Waals surface area contributed by atoms with Gasteiger partial charge >= 0.3 is 0 Å². The van der Waals surface area contributed by atoms with Crippen LogP contribution in [0.3, 0.4) is 0 Å². The van der Waals surface area contributed by atoms with E-state index in [9.17, 15) is 0 Å². The average molecular weight is 256 g/mol. The summed E-state index contributed by atoms with van der Waals surface area (Å²) in [4.78, 5) is 2.19. The third-order valence-electron chi connectivity index (χ3n) is 2.76. The highest BCUT2D eigenvalue weighted by molar-refractivity contribution is 6.18. The van der Waals surface area contributed by atoms with Gasteiger partial charge in [0.1, 0.15) is 0 Å². The van der Waals surface area contributed by atoms with Gasteiger partial charge in [-0.25, -0.2) is 0 Å². The highest BCUT2D eigenvalue weighted by Crippen LogP contribution is 2.25. The van der Waals surface area contributed by atoms with Gasteiger partial charge in [0, 0.05) is 13.1 Å². The number of nitrogens with zero attached hydrogens (tertiary/aromatic N) is 3. The lowest BCUT2D eigenvalue weighted by atomic mass is 10.1. The third kappa shape index (κ3) is 3.07. The molecule has 1 aliphatic heterocycles. The predicted molar refractivity (Wildman–Crippen MR) is 68.7 cm³/mol. The lowest BCUT2D eigenvalue weighted by Gasteiger charge is -2.42. The van der Waals surface area contributed by atoms with Gasteiger partial charge in [0.05, 0.1) is 23.8 Å². The van der Waals surface area contributed by atoms with E-state index in [4.69, 9.17) is 16.3 Å². The quantitative estimate of drug-likeness (QED) is 0.758. The molecule has 0 saturated carbocycles. The summed E-state index contributed by atoms with van der Waals surface area (Å²) in [5.74, 6) is 1.40. The van der Waals surface area contributed by atoms with E-state index in [1.165, 1.54) is 0 Å². The zero-order chi connectivity index (χ0) is 12.5. The Morgan fingerprint density at radius 3 is 3.00 bits per heavy atom. The van der Waals surface area contributed by atoms with Crippen LogP contribution in [0, 0.1) is 6.92 Å². The molecule has 1 unspecified atom stereocenters. The Hall–Kier alpha value is -0.870. The molecule has 0 aliphatic carbocycles. The first-order chi connectivity index (χ1) is 8.00. The average Bonchev–Trinajstić information content (AvgIpc) is 2.27. The number of aryl methyl sites for hydroxylation is 1. The summed E-state index contributed by atoms with van der Waals surface area (Å²) in [5.41, 5.74) is 0.908. The number of ether oxygens (including phenoxy) is 1. The monoisotopic (exact) mass is 255 g/mol. The van der Waals surface area contributed by atoms with Crippen molar-refractivity contribution in [2.45, 2.75) is 32.5 Å². The second-order valence-electron chi connectivity index (χ2n) is 5.13. The maximum Gasteiger partial charge on any atom is 0.151 e. The van der Waals surface area contributed by atoms with Crippen LogP contribution in [0.25, 0.3) is 0 Å². The maximum atomic E-state index is 5.90. The van der Waals surface area contributed by atoms with Gasteiger partial charge in [0.2, 0.25) is 0 Å². The molecule has 0 N–H and O–H groups in total. The van der Waals surface area contributed by atoms with Crippen LogP contribution < -0.4 is 4.90 Å². The predicted octanol–water partition coefficient (Wildman–Crippen LogP) is 2.01. The Kier molecular flexibility index (Phi) is 3.54. The van der Waals surface area contributed by atoms with E-state index >= 15 is 0 Å². The van der Waals surface area contributed by atoms with Crippen molar-refractivity contribution < 1.29 is 4.74 Å². The maximum absolute atomic E-state index is 5.90. The third-order valence-corrected chi connectivity index (χ3v) is 3.10. The van der Waals surface area contributed by atoms with Gasteiger partial charge in [-0.15, -0.1) is 16.7 Å². The van der Waals surface area contributed by atoms with Crippen molar-refractivity contribution >= 4 is 17.4 Å². The molecule has 17 heavy (non-hydrogen) atoms. The molecule has 5 heteroatoms. The Labute approximate surface area is 107 Å². The fourth-order valence-corrected chi connectivity index (χ4v) is 2.31. The molecule has 1 aromatic rings. The minimum Gasteiger partial charge on any atom is -0.367 e. The largest absolute Gasteiger partial charge is 0.367 e. The first-order valence-corrected chi connectivity index (χ1v) is 6.32. The fraction of sp³-hybridized carbons (Fsp3) is 0.667. The molecule has 0 bridgehead atoms. The Balaban J connectivity index is 2.20. The highest BCUT2D eigenvalue weighted by Gasteiger charge is 2.33. The zero-order valence-corrected chi connectivity index (χ0v) is 11.2. The van der Waals surface area contributed by atoms with Gasteiger partial charge in [-0.2, -0.15) is 5.10 Å². The van der Waals surface area contributed by atoms with Crippen LogP contribution in [-0.4, -0.2) is 40.9 Å². The molecule has 1 saturated heterocycles. The minimum absolute atomic E-state index is 0.0442. The van der Waals surface area contributed by atoms with Crippen molar-refractivity contribution in [3.05, 3.63) is 17.8 Å². The normalized spacial score (nSPS) is 23.8. The second-order valence-corrected chi connectivity index (χ2v) is 5.43. The van der Waals surface area contributed by atoms with Crippen molar-refractivity contribution in [2.24, 2.45) is 0 Å². The van der Waals surface area contributed by atoms with Gasteiger partial charge < -0.3 is 9.64 Å². The number of hydrogen-bond acceptors (Lipinski definition) is 4. The van der Waals surface area contributed by atoms with Crippen molar-refractivity contribution in [3.63, 3.8) is 0 Å². The summed E-state index contributed by atoms with van der Waals surface area (Å²) in [6.45, 7) is 7.73. The van der Waals surface area contributed by atoms with Crippen molar-refractivity contribution in [1.82, 2.24) is 10.2 Å². The molecule has 0 aromatic carbocycles. The molecule has 1 fully saturated rings. The van der Waals surface area contributed by atoms with E-state index < -0.39 is 0 Å². The second kappa shape index (κ2) is 4.78. The summed E-state index contributed by atoms with van der Waals surface area (Å²) < 4.78 is 5.88. The molecule has 0 radical (unpaired) electrons. The fourth-order valence-electron chi connectivity index (χ4n) is 2.15. The van der Waals surface area contributed by atoms with E-state index in [0.29, 0.717) is 5.88 Å². The van der Waals surface area contributed by atoms with E-state index in [1.807, 2.05) is 13.0 Å². The van der Waals surface area contributed by atoms with E-state index in [2.05, 4.69) is 28.9 Å². The number of anilines is 1. The van der Waals surface area contributed by atoms with Crippen LogP contribution in [0.5, 0.6) is 0 Å².